The van der Waals surface area contributed by atoms with Crippen LogP contribution in [-0.4, -0.2) is 34.7 Å². The molecule has 0 saturated carbocycles. The molecule has 6 nitrogen and oxygen atoms in total. The van der Waals surface area contributed by atoms with Crippen molar-refractivity contribution in [3.05, 3.63) is 0 Å². The molecule has 0 aliphatic rings. The van der Waals surface area contributed by atoms with Gasteiger partial charge in [-0.25, -0.2) is 0 Å². The summed E-state index contributed by atoms with van der Waals surface area (Å²) in [7, 11) is 0. The molecule has 0 fully saturated rings. The molecule has 0 amide bonds. The van der Waals surface area contributed by atoms with Crippen molar-refractivity contribution in [3.63, 3.8) is 0 Å². The minimum absolute atomic E-state index is 0.297. The summed E-state index contributed by atoms with van der Waals surface area (Å²) >= 11 is 0. The van der Waals surface area contributed by atoms with Gasteiger partial charge in [-0.3, -0.25) is 9.59 Å². The monoisotopic (exact) mass is 246 g/mol. The summed E-state index contributed by atoms with van der Waals surface area (Å²) in [4.78, 5) is 21.9. The van der Waals surface area contributed by atoms with Crippen molar-refractivity contribution in [2.24, 2.45) is 11.5 Å². The van der Waals surface area contributed by atoms with Gasteiger partial charge in [0.2, 0.25) is 0 Å². The van der Waals surface area contributed by atoms with Crippen LogP contribution in [0.5, 0.6) is 0 Å². The van der Waals surface area contributed by atoms with Crippen LogP contribution in [-0.2, 0) is 14.3 Å². The summed E-state index contributed by atoms with van der Waals surface area (Å²) in [6.07, 6.45) is 1.15. The molecule has 0 saturated heterocycles. The Labute approximate surface area is 101 Å². The van der Waals surface area contributed by atoms with Crippen molar-refractivity contribution in [1.29, 1.82) is 0 Å². The van der Waals surface area contributed by atoms with Crippen LogP contribution in [0.4, 0.5) is 0 Å². The molecule has 0 aromatic carbocycles. The molecule has 0 aromatic rings. The molecule has 0 aliphatic heterocycles. The predicted molar refractivity (Wildman–Crippen MR) is 63.3 cm³/mol. The van der Waals surface area contributed by atoms with E-state index in [9.17, 15) is 9.59 Å². The van der Waals surface area contributed by atoms with E-state index >= 15 is 0 Å². The molecule has 0 aliphatic carbocycles. The zero-order valence-electron chi connectivity index (χ0n) is 10.6. The Morgan fingerprint density at radius 3 is 2.06 bits per heavy atom. The van der Waals surface area contributed by atoms with E-state index in [1.807, 2.05) is 0 Å². The van der Waals surface area contributed by atoms with Crippen molar-refractivity contribution >= 4 is 11.9 Å². The molecule has 0 spiro atoms. The number of carbonyl (C=O) groups excluding carboxylic acids is 1. The van der Waals surface area contributed by atoms with E-state index in [4.69, 9.17) is 21.3 Å². The number of esters is 1. The Balaban J connectivity index is 3.90. The highest BCUT2D eigenvalue weighted by Crippen LogP contribution is 2.10. The number of rotatable bonds is 6. The molecular formula is C11H22N2O4. The highest BCUT2D eigenvalue weighted by molar-refractivity contribution is 5.76. The van der Waals surface area contributed by atoms with E-state index in [1.54, 1.807) is 20.8 Å². The normalized spacial score (nSPS) is 15.1. The molecule has 5 N–H and O–H groups in total. The number of aliphatic carboxylic acids is 1. The molecule has 0 bridgehead atoms. The Kier molecular flexibility index (Phi) is 6.12. The van der Waals surface area contributed by atoms with Gasteiger partial charge in [-0.15, -0.1) is 0 Å². The third-order valence-corrected chi connectivity index (χ3v) is 2.06. The standard InChI is InChI=1S/C11H22N2O4/c1-11(2,3)17-10(16)8(13)6-4-5-7(12)9(14)15/h7-8H,4-6,12-13H2,1-3H3,(H,14,15)/t7-,8?/m0/s1. The van der Waals surface area contributed by atoms with Gasteiger partial charge in [0, 0.05) is 0 Å². The van der Waals surface area contributed by atoms with Crippen LogP contribution >= 0.6 is 0 Å². The lowest BCUT2D eigenvalue weighted by Gasteiger charge is -2.22. The summed E-state index contributed by atoms with van der Waals surface area (Å²) in [6, 6.07) is -1.63. The van der Waals surface area contributed by atoms with Crippen LogP contribution in [0.15, 0.2) is 0 Å². The van der Waals surface area contributed by atoms with E-state index in [2.05, 4.69) is 0 Å². The first-order chi connectivity index (χ1) is 7.63. The number of hydrogen-bond donors (Lipinski definition) is 3. The second-order valence-electron chi connectivity index (χ2n) is 5.02. The van der Waals surface area contributed by atoms with Gasteiger partial charge in [0.1, 0.15) is 17.7 Å². The van der Waals surface area contributed by atoms with Gasteiger partial charge >= 0.3 is 11.9 Å². The van der Waals surface area contributed by atoms with E-state index in [-0.39, 0.29) is 0 Å². The summed E-state index contributed by atoms with van der Waals surface area (Å²) in [5, 5.41) is 8.56. The van der Waals surface area contributed by atoms with Crippen LogP contribution in [0, 0.1) is 0 Å². The van der Waals surface area contributed by atoms with Gasteiger partial charge in [0.15, 0.2) is 0 Å². The van der Waals surface area contributed by atoms with Crippen LogP contribution in [0.2, 0.25) is 0 Å². The first kappa shape index (κ1) is 15.9. The fraction of sp³-hybridized carbons (Fsp3) is 0.818. The van der Waals surface area contributed by atoms with Crippen LogP contribution in [0.25, 0.3) is 0 Å². The van der Waals surface area contributed by atoms with Crippen LogP contribution in [0.3, 0.4) is 0 Å². The summed E-state index contributed by atoms with van der Waals surface area (Å²) < 4.78 is 5.09. The van der Waals surface area contributed by atoms with Crippen LogP contribution in [0.1, 0.15) is 40.0 Å². The van der Waals surface area contributed by atoms with E-state index in [0.29, 0.717) is 19.3 Å². The van der Waals surface area contributed by atoms with Gasteiger partial charge in [0.05, 0.1) is 0 Å². The molecule has 2 atom stereocenters. The number of carboxylic acid groups (broad SMARTS) is 1. The molecule has 17 heavy (non-hydrogen) atoms. The van der Waals surface area contributed by atoms with Gasteiger partial charge in [-0.1, -0.05) is 0 Å². The lowest BCUT2D eigenvalue weighted by molar-refractivity contribution is -0.156. The number of hydrogen-bond acceptors (Lipinski definition) is 5. The largest absolute Gasteiger partial charge is 0.480 e. The summed E-state index contributed by atoms with van der Waals surface area (Å²) in [5.41, 5.74) is 10.4. The van der Waals surface area contributed by atoms with Gasteiger partial charge in [0.25, 0.3) is 0 Å². The second kappa shape index (κ2) is 6.56. The van der Waals surface area contributed by atoms with Gasteiger partial charge in [-0.2, -0.15) is 0 Å². The maximum atomic E-state index is 11.5. The molecule has 0 aromatic heterocycles. The highest BCUT2D eigenvalue weighted by atomic mass is 16.6. The maximum absolute atomic E-state index is 11.5. The smallest absolute Gasteiger partial charge is 0.323 e. The average molecular weight is 246 g/mol. The Morgan fingerprint density at radius 2 is 1.65 bits per heavy atom. The van der Waals surface area contributed by atoms with E-state index in [1.165, 1.54) is 0 Å². The van der Waals surface area contributed by atoms with Gasteiger partial charge < -0.3 is 21.3 Å². The Bertz CT molecular complexity index is 273. The molecule has 1 unspecified atom stereocenters. The molecule has 0 heterocycles. The van der Waals surface area contributed by atoms with Crippen molar-refractivity contribution in [1.82, 2.24) is 0 Å². The van der Waals surface area contributed by atoms with Gasteiger partial charge in [-0.05, 0) is 40.0 Å². The summed E-state index contributed by atoms with van der Waals surface area (Å²) in [5.74, 6) is -1.52. The molecule has 0 radical (unpaired) electrons. The summed E-state index contributed by atoms with van der Waals surface area (Å²) in [6.45, 7) is 5.29. The molecular weight excluding hydrogens is 224 g/mol. The lowest BCUT2D eigenvalue weighted by atomic mass is 10.1. The highest BCUT2D eigenvalue weighted by Gasteiger charge is 2.22. The quantitative estimate of drug-likeness (QED) is 0.578. The minimum atomic E-state index is -1.05. The fourth-order valence-electron chi connectivity index (χ4n) is 1.18. The van der Waals surface area contributed by atoms with Crippen molar-refractivity contribution in [2.75, 3.05) is 0 Å². The average Bonchev–Trinajstić information content (AvgIpc) is 2.14. The minimum Gasteiger partial charge on any atom is -0.480 e. The van der Waals surface area contributed by atoms with E-state index in [0.717, 1.165) is 0 Å². The SMILES string of the molecule is CC(C)(C)OC(=O)C(N)CCC[C@H](N)C(=O)O. The van der Waals surface area contributed by atoms with Crippen molar-refractivity contribution < 1.29 is 19.4 Å². The second-order valence-corrected chi connectivity index (χ2v) is 5.02. The molecule has 6 heteroatoms. The first-order valence-corrected chi connectivity index (χ1v) is 5.60. The number of carboxylic acids is 1. The predicted octanol–water partition coefficient (Wildman–Crippen LogP) is 0.238. The topological polar surface area (TPSA) is 116 Å². The Morgan fingerprint density at radius 1 is 1.18 bits per heavy atom. The van der Waals surface area contributed by atoms with Crippen LogP contribution < -0.4 is 11.5 Å². The zero-order valence-corrected chi connectivity index (χ0v) is 10.6. The third kappa shape index (κ3) is 7.70. The van der Waals surface area contributed by atoms with Crippen molar-refractivity contribution in [3.8, 4) is 0 Å². The maximum Gasteiger partial charge on any atom is 0.323 e. The molecule has 0 rings (SSSR count). The number of nitrogens with two attached hydrogens (primary N) is 2. The number of carbonyl (C=O) groups is 2. The van der Waals surface area contributed by atoms with Crippen molar-refractivity contribution in [2.45, 2.75) is 57.7 Å². The Hall–Kier alpha value is -1.14. The number of ether oxygens (including phenoxy) is 1. The lowest BCUT2D eigenvalue weighted by Crippen LogP contribution is -2.38. The fourth-order valence-corrected chi connectivity index (χ4v) is 1.18. The zero-order chi connectivity index (χ0) is 13.6. The first-order valence-electron chi connectivity index (χ1n) is 5.60. The third-order valence-electron chi connectivity index (χ3n) is 2.06. The van der Waals surface area contributed by atoms with E-state index < -0.39 is 29.6 Å². The molecule has 100 valence electrons.